The summed E-state index contributed by atoms with van der Waals surface area (Å²) in [4.78, 5) is 2.52. The van der Waals surface area contributed by atoms with Crippen molar-refractivity contribution in [3.8, 4) is 0 Å². The number of hydrogen-bond donors (Lipinski definition) is 1. The van der Waals surface area contributed by atoms with Gasteiger partial charge in [-0.15, -0.1) is 0 Å². The zero-order chi connectivity index (χ0) is 13.9. The van der Waals surface area contributed by atoms with E-state index in [1.54, 1.807) is 0 Å². The van der Waals surface area contributed by atoms with E-state index in [0.29, 0.717) is 5.41 Å². The van der Waals surface area contributed by atoms with Crippen LogP contribution in [0.2, 0.25) is 0 Å². The van der Waals surface area contributed by atoms with E-state index in [2.05, 4.69) is 56.0 Å². The van der Waals surface area contributed by atoms with Crippen LogP contribution in [0, 0.1) is 5.41 Å². The Hall–Kier alpha value is -0.860. The van der Waals surface area contributed by atoms with Crippen LogP contribution < -0.4 is 5.73 Å². The minimum absolute atomic E-state index is 0.00865. The maximum absolute atomic E-state index is 6.65. The fourth-order valence-electron chi connectivity index (χ4n) is 3.44. The fraction of sp³-hybridized carbons (Fsp3) is 0.647. The second-order valence-corrected chi connectivity index (χ2v) is 7.40. The Morgan fingerprint density at radius 2 is 1.89 bits per heavy atom. The number of rotatable bonds is 3. The molecule has 1 aromatic carbocycles. The quantitative estimate of drug-likeness (QED) is 0.902. The van der Waals surface area contributed by atoms with Crippen molar-refractivity contribution >= 4 is 0 Å². The zero-order valence-corrected chi connectivity index (χ0v) is 12.7. The molecule has 0 radical (unpaired) electrons. The SMILES string of the molecule is CC(C)(C)CC1(N)CCCN(Cc2ccccc2)C1. The van der Waals surface area contributed by atoms with Gasteiger partial charge in [-0.05, 0) is 36.8 Å². The molecule has 1 heterocycles. The van der Waals surface area contributed by atoms with Crippen LogP contribution in [0.25, 0.3) is 0 Å². The lowest BCUT2D eigenvalue weighted by Crippen LogP contribution is -2.55. The Balaban J connectivity index is 1.97. The van der Waals surface area contributed by atoms with Crippen LogP contribution in [0.3, 0.4) is 0 Å². The summed E-state index contributed by atoms with van der Waals surface area (Å²) in [6, 6.07) is 10.7. The Kier molecular flexibility index (Phi) is 4.32. The molecule has 0 aromatic heterocycles. The zero-order valence-electron chi connectivity index (χ0n) is 12.7. The van der Waals surface area contributed by atoms with Gasteiger partial charge in [0.1, 0.15) is 0 Å². The van der Waals surface area contributed by atoms with Crippen molar-refractivity contribution < 1.29 is 0 Å². The largest absolute Gasteiger partial charge is 0.324 e. The lowest BCUT2D eigenvalue weighted by Gasteiger charge is -2.43. The van der Waals surface area contributed by atoms with Gasteiger partial charge in [-0.2, -0.15) is 0 Å². The number of hydrogen-bond acceptors (Lipinski definition) is 2. The van der Waals surface area contributed by atoms with Gasteiger partial charge in [0.25, 0.3) is 0 Å². The standard InChI is InChI=1S/C17H28N2/c1-16(2,3)13-17(18)10-7-11-19(14-17)12-15-8-5-4-6-9-15/h4-6,8-9H,7,10-14,18H2,1-3H3. The van der Waals surface area contributed by atoms with E-state index in [-0.39, 0.29) is 5.54 Å². The molecular weight excluding hydrogens is 232 g/mol. The predicted molar refractivity (Wildman–Crippen MR) is 81.9 cm³/mol. The highest BCUT2D eigenvalue weighted by Gasteiger charge is 2.34. The van der Waals surface area contributed by atoms with Crippen molar-refractivity contribution in [2.24, 2.45) is 11.1 Å². The maximum Gasteiger partial charge on any atom is 0.0289 e. The van der Waals surface area contributed by atoms with E-state index in [4.69, 9.17) is 5.73 Å². The van der Waals surface area contributed by atoms with Gasteiger partial charge in [0.15, 0.2) is 0 Å². The smallest absolute Gasteiger partial charge is 0.0289 e. The van der Waals surface area contributed by atoms with E-state index < -0.39 is 0 Å². The highest BCUT2D eigenvalue weighted by molar-refractivity contribution is 5.14. The molecule has 1 aromatic rings. The Labute approximate surface area is 118 Å². The van der Waals surface area contributed by atoms with Crippen molar-refractivity contribution in [2.75, 3.05) is 13.1 Å². The lowest BCUT2D eigenvalue weighted by molar-refractivity contribution is 0.109. The summed E-state index contributed by atoms with van der Waals surface area (Å²) in [5, 5.41) is 0. The molecule has 2 heteroatoms. The van der Waals surface area contributed by atoms with E-state index in [1.807, 2.05) is 0 Å². The number of nitrogens with two attached hydrogens (primary N) is 1. The molecule has 1 saturated heterocycles. The maximum atomic E-state index is 6.65. The highest BCUT2D eigenvalue weighted by Crippen LogP contribution is 2.32. The first-order valence-electron chi connectivity index (χ1n) is 7.42. The van der Waals surface area contributed by atoms with Crippen molar-refractivity contribution in [3.05, 3.63) is 35.9 Å². The molecular formula is C17H28N2. The molecule has 2 rings (SSSR count). The molecule has 2 N–H and O–H groups in total. The number of benzene rings is 1. The summed E-state index contributed by atoms with van der Waals surface area (Å²) in [6.45, 7) is 10.1. The molecule has 0 spiro atoms. The first-order valence-corrected chi connectivity index (χ1v) is 7.42. The minimum Gasteiger partial charge on any atom is -0.324 e. The molecule has 0 saturated carbocycles. The normalized spacial score (nSPS) is 25.5. The molecule has 1 aliphatic heterocycles. The van der Waals surface area contributed by atoms with Crippen LogP contribution in [0.15, 0.2) is 30.3 Å². The van der Waals surface area contributed by atoms with E-state index >= 15 is 0 Å². The van der Waals surface area contributed by atoms with Crippen molar-refractivity contribution in [2.45, 2.75) is 52.1 Å². The second kappa shape index (κ2) is 5.64. The van der Waals surface area contributed by atoms with Gasteiger partial charge in [0.2, 0.25) is 0 Å². The summed E-state index contributed by atoms with van der Waals surface area (Å²) >= 11 is 0. The third-order valence-corrected chi connectivity index (χ3v) is 3.82. The predicted octanol–water partition coefficient (Wildman–Crippen LogP) is 3.42. The van der Waals surface area contributed by atoms with Gasteiger partial charge in [-0.1, -0.05) is 51.1 Å². The van der Waals surface area contributed by atoms with Crippen LogP contribution in [0.4, 0.5) is 0 Å². The van der Waals surface area contributed by atoms with Gasteiger partial charge < -0.3 is 5.73 Å². The summed E-state index contributed by atoms with van der Waals surface area (Å²) in [5.41, 5.74) is 8.34. The molecule has 106 valence electrons. The van der Waals surface area contributed by atoms with E-state index in [9.17, 15) is 0 Å². The van der Waals surface area contributed by atoms with Crippen molar-refractivity contribution in [1.82, 2.24) is 4.90 Å². The van der Waals surface area contributed by atoms with Gasteiger partial charge in [0, 0.05) is 18.6 Å². The van der Waals surface area contributed by atoms with E-state index in [1.165, 1.54) is 18.5 Å². The van der Waals surface area contributed by atoms with Gasteiger partial charge in [-0.25, -0.2) is 0 Å². The Morgan fingerprint density at radius 1 is 1.21 bits per heavy atom. The van der Waals surface area contributed by atoms with E-state index in [0.717, 1.165) is 25.9 Å². The summed E-state index contributed by atoms with van der Waals surface area (Å²) in [5.74, 6) is 0. The fourth-order valence-corrected chi connectivity index (χ4v) is 3.44. The minimum atomic E-state index is -0.00865. The lowest BCUT2D eigenvalue weighted by atomic mass is 9.76. The summed E-state index contributed by atoms with van der Waals surface area (Å²) in [7, 11) is 0. The topological polar surface area (TPSA) is 29.3 Å². The molecule has 1 aliphatic rings. The number of nitrogens with zero attached hydrogens (tertiary/aromatic N) is 1. The molecule has 0 bridgehead atoms. The number of piperidine rings is 1. The molecule has 1 unspecified atom stereocenters. The van der Waals surface area contributed by atoms with Crippen LogP contribution in [-0.2, 0) is 6.54 Å². The third-order valence-electron chi connectivity index (χ3n) is 3.82. The molecule has 19 heavy (non-hydrogen) atoms. The summed E-state index contributed by atoms with van der Waals surface area (Å²) in [6.07, 6.45) is 3.49. The molecule has 2 nitrogen and oxygen atoms in total. The van der Waals surface area contributed by atoms with Gasteiger partial charge >= 0.3 is 0 Å². The Bertz CT molecular complexity index is 393. The van der Waals surface area contributed by atoms with Crippen LogP contribution >= 0.6 is 0 Å². The first-order chi connectivity index (χ1) is 8.86. The average molecular weight is 260 g/mol. The molecule has 0 amide bonds. The van der Waals surface area contributed by atoms with Gasteiger partial charge in [0.05, 0.1) is 0 Å². The van der Waals surface area contributed by atoms with Crippen LogP contribution in [-0.4, -0.2) is 23.5 Å². The average Bonchev–Trinajstić information content (AvgIpc) is 2.27. The van der Waals surface area contributed by atoms with Crippen molar-refractivity contribution in [1.29, 1.82) is 0 Å². The van der Waals surface area contributed by atoms with Crippen molar-refractivity contribution in [3.63, 3.8) is 0 Å². The second-order valence-electron chi connectivity index (χ2n) is 7.40. The highest BCUT2D eigenvalue weighted by atomic mass is 15.2. The number of likely N-dealkylation sites (tertiary alicyclic amines) is 1. The van der Waals surface area contributed by atoms with Crippen LogP contribution in [0.5, 0.6) is 0 Å². The molecule has 1 fully saturated rings. The van der Waals surface area contributed by atoms with Crippen LogP contribution in [0.1, 0.15) is 45.6 Å². The molecule has 0 aliphatic carbocycles. The Morgan fingerprint density at radius 3 is 2.53 bits per heavy atom. The summed E-state index contributed by atoms with van der Waals surface area (Å²) < 4.78 is 0. The third kappa shape index (κ3) is 4.63. The molecule has 1 atom stereocenters. The first kappa shape index (κ1) is 14.5. The van der Waals surface area contributed by atoms with Gasteiger partial charge in [-0.3, -0.25) is 4.90 Å². The monoisotopic (exact) mass is 260 g/mol.